The molecular weight excluding hydrogens is 456 g/mol. The van der Waals surface area contributed by atoms with Crippen LogP contribution in [-0.4, -0.2) is 72.1 Å². The molecule has 3 aromatic heterocycles. The summed E-state index contributed by atoms with van der Waals surface area (Å²) in [4.78, 5) is 25.4. The van der Waals surface area contributed by atoms with E-state index in [0.29, 0.717) is 18.7 Å². The summed E-state index contributed by atoms with van der Waals surface area (Å²) in [5.74, 6) is -2.27. The highest BCUT2D eigenvalue weighted by Crippen LogP contribution is 2.27. The monoisotopic (exact) mass is 477 g/mol. The number of hydrogen-bond donors (Lipinski definition) is 1. The van der Waals surface area contributed by atoms with Gasteiger partial charge in [0, 0.05) is 51.3 Å². The maximum absolute atomic E-state index is 14.4. The lowest BCUT2D eigenvalue weighted by Crippen LogP contribution is -2.48. The van der Waals surface area contributed by atoms with E-state index in [1.54, 1.807) is 17.3 Å². The van der Waals surface area contributed by atoms with Crippen LogP contribution in [0.15, 0.2) is 55.0 Å². The van der Waals surface area contributed by atoms with Crippen molar-refractivity contribution in [3.05, 3.63) is 77.8 Å². The van der Waals surface area contributed by atoms with Crippen LogP contribution in [0.25, 0.3) is 17.1 Å². The molecule has 10 nitrogen and oxygen atoms in total. The lowest BCUT2D eigenvalue weighted by Gasteiger charge is -2.34. The summed E-state index contributed by atoms with van der Waals surface area (Å²) in [5, 5.41) is 11.3. The van der Waals surface area contributed by atoms with Crippen LogP contribution in [0.1, 0.15) is 15.9 Å². The van der Waals surface area contributed by atoms with Crippen LogP contribution in [0.5, 0.6) is 0 Å². The first kappa shape index (κ1) is 22.5. The zero-order valence-corrected chi connectivity index (χ0v) is 18.6. The maximum Gasteiger partial charge on any atom is 0.255 e. The van der Waals surface area contributed by atoms with E-state index in [1.165, 1.54) is 30.0 Å². The highest BCUT2D eigenvalue weighted by atomic mass is 19.2. The molecule has 0 aliphatic carbocycles. The number of amides is 1. The van der Waals surface area contributed by atoms with Crippen molar-refractivity contribution in [2.75, 3.05) is 31.9 Å². The number of aromatic nitrogens is 6. The molecule has 12 heteroatoms. The zero-order valence-electron chi connectivity index (χ0n) is 18.6. The number of carbonyl (C=O) groups is 1. The number of nitrogens with zero attached hydrogens (tertiary/aromatic N) is 8. The van der Waals surface area contributed by atoms with E-state index in [2.05, 4.69) is 30.4 Å². The van der Waals surface area contributed by atoms with E-state index in [4.69, 9.17) is 5.73 Å². The number of nitrogen functional groups attached to an aromatic ring is 1. The van der Waals surface area contributed by atoms with Crippen molar-refractivity contribution in [2.24, 2.45) is 0 Å². The number of rotatable bonds is 5. The molecule has 0 unspecified atom stereocenters. The van der Waals surface area contributed by atoms with E-state index in [9.17, 15) is 13.6 Å². The first-order chi connectivity index (χ1) is 17.0. The van der Waals surface area contributed by atoms with Crippen LogP contribution < -0.4 is 5.73 Å². The lowest BCUT2D eigenvalue weighted by atomic mass is 10.1. The van der Waals surface area contributed by atoms with Gasteiger partial charge in [0.2, 0.25) is 0 Å². The van der Waals surface area contributed by atoms with E-state index in [0.717, 1.165) is 30.4 Å². The van der Waals surface area contributed by atoms with Gasteiger partial charge in [-0.1, -0.05) is 6.07 Å². The topological polar surface area (TPSA) is 119 Å². The van der Waals surface area contributed by atoms with Gasteiger partial charge < -0.3 is 10.6 Å². The SMILES string of the molecule is Nc1ncc(C(=O)N2CCN(Cc3ccncc3)CC2)cc1-c1nnnn1-c1cccc(F)c1F. The second-order valence-electron chi connectivity index (χ2n) is 8.07. The van der Waals surface area contributed by atoms with Gasteiger partial charge in [0.25, 0.3) is 5.91 Å². The maximum atomic E-state index is 14.4. The highest BCUT2D eigenvalue weighted by Gasteiger charge is 2.25. The summed E-state index contributed by atoms with van der Waals surface area (Å²) in [7, 11) is 0. The number of nitrogens with two attached hydrogens (primary N) is 1. The van der Waals surface area contributed by atoms with Crippen molar-refractivity contribution in [3.63, 3.8) is 0 Å². The van der Waals surface area contributed by atoms with Gasteiger partial charge >= 0.3 is 0 Å². The third-order valence-electron chi connectivity index (χ3n) is 5.85. The predicted molar refractivity (Wildman–Crippen MR) is 122 cm³/mol. The number of pyridine rings is 2. The number of piperazine rings is 1. The summed E-state index contributed by atoms with van der Waals surface area (Å²) < 4.78 is 29.2. The fourth-order valence-corrected chi connectivity index (χ4v) is 3.98. The Labute approximate surface area is 199 Å². The number of halogens is 2. The largest absolute Gasteiger partial charge is 0.383 e. The van der Waals surface area contributed by atoms with Crippen molar-refractivity contribution >= 4 is 11.7 Å². The van der Waals surface area contributed by atoms with E-state index >= 15 is 0 Å². The lowest BCUT2D eigenvalue weighted by molar-refractivity contribution is 0.0628. The van der Waals surface area contributed by atoms with Gasteiger partial charge in [0.05, 0.1) is 11.1 Å². The molecule has 0 radical (unpaired) electrons. The van der Waals surface area contributed by atoms with Gasteiger partial charge in [0.15, 0.2) is 17.5 Å². The molecule has 1 fully saturated rings. The highest BCUT2D eigenvalue weighted by molar-refractivity contribution is 5.95. The minimum absolute atomic E-state index is 0.0383. The molecule has 0 atom stereocenters. The second-order valence-corrected chi connectivity index (χ2v) is 8.07. The Morgan fingerprint density at radius 2 is 1.83 bits per heavy atom. The summed E-state index contributed by atoms with van der Waals surface area (Å²) in [5.41, 5.74) is 7.55. The normalized spacial score (nSPS) is 14.3. The van der Waals surface area contributed by atoms with Crippen LogP contribution in [0.2, 0.25) is 0 Å². The van der Waals surface area contributed by atoms with Gasteiger partial charge in [-0.3, -0.25) is 14.7 Å². The summed E-state index contributed by atoms with van der Waals surface area (Å²) in [6.45, 7) is 3.34. The van der Waals surface area contributed by atoms with Crippen molar-refractivity contribution in [1.29, 1.82) is 0 Å². The number of anilines is 1. The summed E-state index contributed by atoms with van der Waals surface area (Å²) in [6.07, 6.45) is 4.92. The molecule has 0 bridgehead atoms. The first-order valence-electron chi connectivity index (χ1n) is 10.9. The molecule has 2 N–H and O–H groups in total. The Balaban J connectivity index is 1.35. The number of hydrogen-bond acceptors (Lipinski definition) is 8. The van der Waals surface area contributed by atoms with Crippen LogP contribution in [0.3, 0.4) is 0 Å². The van der Waals surface area contributed by atoms with Crippen LogP contribution >= 0.6 is 0 Å². The molecule has 5 rings (SSSR count). The fraction of sp³-hybridized carbons (Fsp3) is 0.217. The number of carbonyl (C=O) groups excluding carboxylic acids is 1. The molecule has 4 heterocycles. The van der Waals surface area contributed by atoms with Gasteiger partial charge in [-0.25, -0.2) is 13.8 Å². The van der Waals surface area contributed by atoms with Crippen LogP contribution in [-0.2, 0) is 6.54 Å². The molecule has 0 saturated carbocycles. The van der Waals surface area contributed by atoms with E-state index in [1.807, 2.05) is 12.1 Å². The van der Waals surface area contributed by atoms with Crippen LogP contribution in [0, 0.1) is 11.6 Å². The molecule has 1 aromatic carbocycles. The van der Waals surface area contributed by atoms with E-state index < -0.39 is 11.6 Å². The summed E-state index contributed by atoms with van der Waals surface area (Å²) in [6, 6.07) is 9.14. The van der Waals surface area contributed by atoms with Gasteiger partial charge in [-0.05, 0) is 46.3 Å². The Morgan fingerprint density at radius 1 is 1.06 bits per heavy atom. The average Bonchev–Trinajstić information content (AvgIpc) is 3.36. The van der Waals surface area contributed by atoms with Crippen molar-refractivity contribution in [2.45, 2.75) is 6.54 Å². The molecule has 1 saturated heterocycles. The van der Waals surface area contributed by atoms with Crippen molar-refractivity contribution in [3.8, 4) is 17.1 Å². The number of benzene rings is 1. The number of tetrazole rings is 1. The molecule has 0 spiro atoms. The minimum atomic E-state index is -1.11. The van der Waals surface area contributed by atoms with E-state index in [-0.39, 0.29) is 28.8 Å². The van der Waals surface area contributed by atoms with Gasteiger partial charge in [0.1, 0.15) is 11.5 Å². The molecule has 1 amide bonds. The Bertz CT molecular complexity index is 1350. The Kier molecular flexibility index (Phi) is 6.10. The Hall–Kier alpha value is -4.32. The smallest absolute Gasteiger partial charge is 0.255 e. The quantitative estimate of drug-likeness (QED) is 0.463. The fourth-order valence-electron chi connectivity index (χ4n) is 3.98. The minimum Gasteiger partial charge on any atom is -0.383 e. The molecule has 1 aliphatic heterocycles. The van der Waals surface area contributed by atoms with Crippen molar-refractivity contribution in [1.82, 2.24) is 40.0 Å². The predicted octanol–water partition coefficient (Wildman–Crippen LogP) is 1.94. The second kappa shape index (κ2) is 9.50. The average molecular weight is 477 g/mol. The zero-order chi connectivity index (χ0) is 24.4. The molecular formula is C23H21F2N9O. The van der Waals surface area contributed by atoms with Crippen LogP contribution in [0.4, 0.5) is 14.6 Å². The Morgan fingerprint density at radius 3 is 2.60 bits per heavy atom. The molecule has 4 aromatic rings. The third-order valence-corrected chi connectivity index (χ3v) is 5.85. The standard InChI is InChI=1S/C23H21F2N9O/c24-18-2-1-3-19(20(18)25)34-22(29-30-31-34)17-12-16(13-28-21(17)26)23(35)33-10-8-32(9-11-33)14-15-4-6-27-7-5-15/h1-7,12-13H,8-11,14H2,(H2,26,28). The first-order valence-corrected chi connectivity index (χ1v) is 10.9. The molecule has 1 aliphatic rings. The molecule has 178 valence electrons. The van der Waals surface area contributed by atoms with Gasteiger partial charge in [-0.15, -0.1) is 5.10 Å². The molecule has 35 heavy (non-hydrogen) atoms. The third kappa shape index (κ3) is 4.55. The summed E-state index contributed by atoms with van der Waals surface area (Å²) >= 11 is 0. The van der Waals surface area contributed by atoms with Crippen molar-refractivity contribution < 1.29 is 13.6 Å². The van der Waals surface area contributed by atoms with Gasteiger partial charge in [-0.2, -0.15) is 4.68 Å².